The Hall–Kier alpha value is -2.42. The Bertz CT molecular complexity index is 984. The Balaban J connectivity index is 2.01. The first-order valence-corrected chi connectivity index (χ1v) is 8.61. The molecule has 0 spiro atoms. The molecule has 2 aromatic carbocycles. The highest BCUT2D eigenvalue weighted by molar-refractivity contribution is 7.89. The number of ether oxygens (including phenoxy) is 1. The van der Waals surface area contributed by atoms with Crippen LogP contribution in [0.3, 0.4) is 0 Å². The predicted octanol–water partition coefficient (Wildman–Crippen LogP) is 2.71. The normalized spacial score (nSPS) is 11.5. The fourth-order valence-corrected chi connectivity index (χ4v) is 2.77. The number of benzene rings is 2. The van der Waals surface area contributed by atoms with Crippen LogP contribution in [0.15, 0.2) is 51.8 Å². The van der Waals surface area contributed by atoms with Crippen molar-refractivity contribution in [1.29, 1.82) is 0 Å². The van der Waals surface area contributed by atoms with E-state index in [9.17, 15) is 8.42 Å². The number of primary sulfonamides is 1. The number of nitrogens with zero attached hydrogens (tertiary/aromatic N) is 2. The molecule has 0 unspecified atom stereocenters. The maximum absolute atomic E-state index is 11.5. The van der Waals surface area contributed by atoms with Crippen LogP contribution in [0.5, 0.6) is 5.75 Å². The van der Waals surface area contributed by atoms with Gasteiger partial charge in [0.15, 0.2) is 0 Å². The summed E-state index contributed by atoms with van der Waals surface area (Å²) in [7, 11) is -2.30. The van der Waals surface area contributed by atoms with Gasteiger partial charge in [-0.3, -0.25) is 0 Å². The van der Waals surface area contributed by atoms with Gasteiger partial charge in [-0.1, -0.05) is 11.6 Å². The molecule has 0 saturated heterocycles. The number of rotatable bonds is 4. The van der Waals surface area contributed by atoms with Crippen LogP contribution in [-0.4, -0.2) is 25.7 Å². The van der Waals surface area contributed by atoms with E-state index >= 15 is 0 Å². The van der Waals surface area contributed by atoms with Crippen molar-refractivity contribution in [3.05, 3.63) is 47.5 Å². The van der Waals surface area contributed by atoms with Gasteiger partial charge in [-0.15, -0.1) is 10.2 Å². The maximum atomic E-state index is 11.5. The Morgan fingerprint density at radius 2 is 1.75 bits per heavy atom. The molecule has 0 radical (unpaired) electrons. The molecule has 0 fully saturated rings. The minimum Gasteiger partial charge on any atom is -0.497 e. The van der Waals surface area contributed by atoms with Gasteiger partial charge in [0.1, 0.15) is 5.75 Å². The zero-order valence-corrected chi connectivity index (χ0v) is 14.0. The Morgan fingerprint density at radius 1 is 1.08 bits per heavy atom. The van der Waals surface area contributed by atoms with Gasteiger partial charge < -0.3 is 9.15 Å². The molecule has 0 aliphatic heterocycles. The zero-order chi connectivity index (χ0) is 17.3. The molecule has 3 aromatic rings. The largest absolute Gasteiger partial charge is 0.497 e. The molecule has 1 aromatic heterocycles. The van der Waals surface area contributed by atoms with Crippen molar-refractivity contribution in [2.45, 2.75) is 4.90 Å². The second kappa shape index (κ2) is 6.23. The second-order valence-electron chi connectivity index (χ2n) is 4.83. The van der Waals surface area contributed by atoms with Crippen molar-refractivity contribution < 1.29 is 17.6 Å². The average molecular weight is 366 g/mol. The highest BCUT2D eigenvalue weighted by Gasteiger charge is 2.17. The fourth-order valence-electron chi connectivity index (χ4n) is 2.03. The predicted molar refractivity (Wildman–Crippen MR) is 88.1 cm³/mol. The second-order valence-corrected chi connectivity index (χ2v) is 6.80. The topological polar surface area (TPSA) is 108 Å². The lowest BCUT2D eigenvalue weighted by Gasteiger charge is -2.03. The number of nitrogens with two attached hydrogens (primary N) is 1. The molecule has 0 bridgehead atoms. The quantitative estimate of drug-likeness (QED) is 0.761. The Labute approximate surface area is 143 Å². The molecule has 0 amide bonds. The molecule has 0 aliphatic carbocycles. The van der Waals surface area contributed by atoms with E-state index in [0.717, 1.165) is 0 Å². The zero-order valence-electron chi connectivity index (χ0n) is 12.4. The number of halogens is 1. The summed E-state index contributed by atoms with van der Waals surface area (Å²) >= 11 is 6.10. The van der Waals surface area contributed by atoms with E-state index in [0.29, 0.717) is 11.3 Å². The van der Waals surface area contributed by atoms with Crippen LogP contribution in [0.4, 0.5) is 0 Å². The molecule has 3 rings (SSSR count). The van der Waals surface area contributed by atoms with Crippen molar-refractivity contribution in [3.63, 3.8) is 0 Å². The number of hydrogen-bond donors (Lipinski definition) is 1. The van der Waals surface area contributed by atoms with Gasteiger partial charge in [0.05, 0.1) is 22.6 Å². The SMILES string of the molecule is COc1ccc(-c2nnc(-c3cc(S(N)(=O)=O)ccc3Cl)o2)cc1. The van der Waals surface area contributed by atoms with Gasteiger partial charge in [0, 0.05) is 5.56 Å². The molecule has 0 atom stereocenters. The third kappa shape index (κ3) is 3.25. The standard InChI is InChI=1S/C15H12ClN3O4S/c1-22-10-4-2-9(3-5-10)14-18-19-15(23-14)12-8-11(24(17,20)21)6-7-13(12)16/h2-8H,1H3,(H2,17,20,21). The van der Waals surface area contributed by atoms with E-state index in [1.165, 1.54) is 18.2 Å². The van der Waals surface area contributed by atoms with E-state index in [4.69, 9.17) is 25.9 Å². The van der Waals surface area contributed by atoms with Crippen molar-refractivity contribution >= 4 is 21.6 Å². The molecule has 124 valence electrons. The molecule has 0 aliphatic rings. The van der Waals surface area contributed by atoms with Gasteiger partial charge in [-0.05, 0) is 42.5 Å². The lowest BCUT2D eigenvalue weighted by molar-refractivity contribution is 0.415. The van der Waals surface area contributed by atoms with E-state index in [1.54, 1.807) is 31.4 Å². The first-order valence-electron chi connectivity index (χ1n) is 6.69. The van der Waals surface area contributed by atoms with Gasteiger partial charge in [-0.2, -0.15) is 0 Å². The molecule has 1 heterocycles. The monoisotopic (exact) mass is 365 g/mol. The van der Waals surface area contributed by atoms with E-state index in [-0.39, 0.29) is 27.3 Å². The first kappa shape index (κ1) is 16.4. The average Bonchev–Trinajstić information content (AvgIpc) is 3.04. The summed E-state index contributed by atoms with van der Waals surface area (Å²) < 4.78 is 33.6. The molecule has 2 N–H and O–H groups in total. The summed E-state index contributed by atoms with van der Waals surface area (Å²) in [4.78, 5) is -0.0916. The third-order valence-corrected chi connectivity index (χ3v) is 4.50. The van der Waals surface area contributed by atoms with Crippen LogP contribution < -0.4 is 9.88 Å². The lowest BCUT2D eigenvalue weighted by Crippen LogP contribution is -2.12. The van der Waals surface area contributed by atoms with Crippen LogP contribution in [0, 0.1) is 0 Å². The number of aromatic nitrogens is 2. The van der Waals surface area contributed by atoms with E-state index in [1.807, 2.05) is 0 Å². The maximum Gasteiger partial charge on any atom is 0.249 e. The number of hydrogen-bond acceptors (Lipinski definition) is 6. The lowest BCUT2D eigenvalue weighted by atomic mass is 10.2. The molecule has 9 heteroatoms. The van der Waals surface area contributed by atoms with Crippen molar-refractivity contribution in [1.82, 2.24) is 10.2 Å². The van der Waals surface area contributed by atoms with Crippen LogP contribution in [0.2, 0.25) is 5.02 Å². The minimum atomic E-state index is -3.87. The Morgan fingerprint density at radius 3 is 2.38 bits per heavy atom. The molecule has 0 saturated carbocycles. The molecule has 24 heavy (non-hydrogen) atoms. The minimum absolute atomic E-state index is 0.0916. The van der Waals surface area contributed by atoms with Gasteiger partial charge in [0.25, 0.3) is 0 Å². The van der Waals surface area contributed by atoms with Crippen molar-refractivity contribution in [3.8, 4) is 28.7 Å². The first-order chi connectivity index (χ1) is 11.4. The molecular weight excluding hydrogens is 354 g/mol. The van der Waals surface area contributed by atoms with Crippen LogP contribution >= 0.6 is 11.6 Å². The molecular formula is C15H12ClN3O4S. The van der Waals surface area contributed by atoms with Gasteiger partial charge in [0.2, 0.25) is 21.8 Å². The van der Waals surface area contributed by atoms with Crippen LogP contribution in [-0.2, 0) is 10.0 Å². The molecule has 7 nitrogen and oxygen atoms in total. The summed E-state index contributed by atoms with van der Waals surface area (Å²) in [5.41, 5.74) is 0.976. The smallest absolute Gasteiger partial charge is 0.249 e. The summed E-state index contributed by atoms with van der Waals surface area (Å²) in [6.45, 7) is 0. The third-order valence-electron chi connectivity index (χ3n) is 3.26. The van der Waals surface area contributed by atoms with Crippen LogP contribution in [0.1, 0.15) is 0 Å². The summed E-state index contributed by atoms with van der Waals surface area (Å²) in [6.07, 6.45) is 0. The van der Waals surface area contributed by atoms with Crippen molar-refractivity contribution in [2.75, 3.05) is 7.11 Å². The Kier molecular flexibility index (Phi) is 4.27. The van der Waals surface area contributed by atoms with E-state index in [2.05, 4.69) is 10.2 Å². The number of sulfonamides is 1. The fraction of sp³-hybridized carbons (Fsp3) is 0.0667. The number of methoxy groups -OCH3 is 1. The highest BCUT2D eigenvalue weighted by Crippen LogP contribution is 2.31. The van der Waals surface area contributed by atoms with E-state index < -0.39 is 10.0 Å². The summed E-state index contributed by atoms with van der Waals surface area (Å²) in [5.74, 6) is 1.06. The van der Waals surface area contributed by atoms with Gasteiger partial charge >= 0.3 is 0 Å². The summed E-state index contributed by atoms with van der Waals surface area (Å²) in [6, 6.07) is 11.1. The highest BCUT2D eigenvalue weighted by atomic mass is 35.5. The van der Waals surface area contributed by atoms with Crippen LogP contribution in [0.25, 0.3) is 22.9 Å². The summed E-state index contributed by atoms with van der Waals surface area (Å²) in [5, 5.41) is 13.3. The van der Waals surface area contributed by atoms with Gasteiger partial charge in [-0.25, -0.2) is 13.6 Å². The van der Waals surface area contributed by atoms with Crippen molar-refractivity contribution in [2.24, 2.45) is 5.14 Å².